The largest absolute Gasteiger partial charge is 0.423 e. The fourth-order valence-electron chi connectivity index (χ4n) is 2.37. The summed E-state index contributed by atoms with van der Waals surface area (Å²) >= 11 is 0. The lowest BCUT2D eigenvalue weighted by Crippen LogP contribution is -2.38. The molecule has 124 valence electrons. The van der Waals surface area contributed by atoms with Gasteiger partial charge in [-0.2, -0.15) is 0 Å². The Labute approximate surface area is 136 Å². The Morgan fingerprint density at radius 2 is 2.00 bits per heavy atom. The van der Waals surface area contributed by atoms with Crippen molar-refractivity contribution >= 4 is 6.03 Å². The van der Waals surface area contributed by atoms with Crippen molar-refractivity contribution < 1.29 is 9.21 Å². The van der Waals surface area contributed by atoms with Crippen molar-refractivity contribution in [1.82, 2.24) is 20.4 Å². The number of hydrogen-bond donors (Lipinski definition) is 1. The molecule has 0 spiro atoms. The van der Waals surface area contributed by atoms with Crippen LogP contribution in [0, 0.1) is 13.8 Å². The second-order valence-electron chi connectivity index (χ2n) is 5.83. The van der Waals surface area contributed by atoms with Crippen LogP contribution in [0.25, 0.3) is 0 Å². The van der Waals surface area contributed by atoms with Gasteiger partial charge in [-0.25, -0.2) is 4.79 Å². The maximum absolute atomic E-state index is 12.3. The third-order valence-electron chi connectivity index (χ3n) is 3.77. The van der Waals surface area contributed by atoms with Crippen LogP contribution in [0.2, 0.25) is 0 Å². The highest BCUT2D eigenvalue weighted by molar-refractivity contribution is 5.74. The number of nitrogens with one attached hydrogen (secondary N) is 1. The highest BCUT2D eigenvalue weighted by Crippen LogP contribution is 2.19. The van der Waals surface area contributed by atoms with E-state index >= 15 is 0 Å². The predicted octanol–water partition coefficient (Wildman–Crippen LogP) is 3.15. The molecule has 1 aromatic carbocycles. The smallest absolute Gasteiger partial charge is 0.318 e. The number of rotatable bonds is 5. The molecule has 0 aliphatic heterocycles. The van der Waals surface area contributed by atoms with Gasteiger partial charge in [0.15, 0.2) is 0 Å². The molecule has 2 rings (SSSR count). The summed E-state index contributed by atoms with van der Waals surface area (Å²) in [6.45, 7) is 8.31. The average molecular weight is 316 g/mol. The van der Waals surface area contributed by atoms with E-state index in [0.717, 1.165) is 11.1 Å². The second-order valence-corrected chi connectivity index (χ2v) is 5.83. The maximum Gasteiger partial charge on any atom is 0.318 e. The lowest BCUT2D eigenvalue weighted by molar-refractivity contribution is 0.198. The summed E-state index contributed by atoms with van der Waals surface area (Å²) in [6.07, 6.45) is 0.687. The van der Waals surface area contributed by atoms with Crippen molar-refractivity contribution in [2.45, 2.75) is 46.7 Å². The molecule has 0 saturated carbocycles. The number of benzene rings is 1. The van der Waals surface area contributed by atoms with Crippen molar-refractivity contribution in [3.8, 4) is 0 Å². The number of nitrogens with zero attached hydrogens (tertiary/aromatic N) is 3. The summed E-state index contributed by atoms with van der Waals surface area (Å²) in [5.41, 5.74) is 3.46. The molecule has 1 aromatic heterocycles. The van der Waals surface area contributed by atoms with Crippen LogP contribution in [0.3, 0.4) is 0 Å². The lowest BCUT2D eigenvalue weighted by atomic mass is 10.0. The van der Waals surface area contributed by atoms with Gasteiger partial charge in [-0.15, -0.1) is 10.2 Å². The van der Waals surface area contributed by atoms with Crippen molar-refractivity contribution in [2.24, 2.45) is 0 Å². The van der Waals surface area contributed by atoms with Gasteiger partial charge in [0, 0.05) is 13.5 Å². The van der Waals surface area contributed by atoms with Gasteiger partial charge in [-0.05, 0) is 31.9 Å². The molecule has 0 aliphatic rings. The Morgan fingerprint density at radius 3 is 2.65 bits per heavy atom. The number of hydrogen-bond acceptors (Lipinski definition) is 4. The first kappa shape index (κ1) is 17.0. The number of amides is 2. The topological polar surface area (TPSA) is 71.3 Å². The van der Waals surface area contributed by atoms with Gasteiger partial charge in [0.1, 0.15) is 6.54 Å². The van der Waals surface area contributed by atoms with Crippen LogP contribution in [0.5, 0.6) is 0 Å². The van der Waals surface area contributed by atoms with E-state index in [-0.39, 0.29) is 12.1 Å². The summed E-state index contributed by atoms with van der Waals surface area (Å²) in [5.74, 6) is 1.02. The van der Waals surface area contributed by atoms with E-state index in [1.54, 1.807) is 7.05 Å². The Bertz CT molecular complexity index is 681. The Hall–Kier alpha value is -2.37. The highest BCUT2D eigenvalue weighted by atomic mass is 16.4. The molecule has 2 aromatic rings. The minimum Gasteiger partial charge on any atom is -0.423 e. The Balaban J connectivity index is 1.98. The molecule has 0 unspecified atom stereocenters. The van der Waals surface area contributed by atoms with E-state index < -0.39 is 0 Å². The number of urea groups is 1. The van der Waals surface area contributed by atoms with Gasteiger partial charge < -0.3 is 14.6 Å². The van der Waals surface area contributed by atoms with E-state index in [2.05, 4.69) is 33.7 Å². The predicted molar refractivity (Wildman–Crippen MR) is 88.0 cm³/mol. The van der Waals surface area contributed by atoms with Crippen LogP contribution in [0.4, 0.5) is 4.79 Å². The van der Waals surface area contributed by atoms with E-state index in [1.807, 2.05) is 27.7 Å². The molecule has 0 saturated heterocycles. The average Bonchev–Trinajstić information content (AvgIpc) is 2.97. The van der Waals surface area contributed by atoms with Gasteiger partial charge >= 0.3 is 6.03 Å². The first-order valence-electron chi connectivity index (χ1n) is 7.80. The molecule has 23 heavy (non-hydrogen) atoms. The molecule has 0 radical (unpaired) electrons. The second kappa shape index (κ2) is 7.26. The summed E-state index contributed by atoms with van der Waals surface area (Å²) in [4.78, 5) is 13.9. The maximum atomic E-state index is 12.3. The number of aryl methyl sites for hydroxylation is 3. The SMILES string of the molecule is CCc1nnc(CN(C)C(=O)N[C@H](C)c2cc(C)ccc2C)o1. The molecule has 0 bridgehead atoms. The van der Waals surface area contributed by atoms with Crippen molar-refractivity contribution in [3.63, 3.8) is 0 Å². The van der Waals surface area contributed by atoms with Crippen LogP contribution in [-0.4, -0.2) is 28.2 Å². The molecule has 0 fully saturated rings. The van der Waals surface area contributed by atoms with Crippen LogP contribution >= 0.6 is 0 Å². The van der Waals surface area contributed by atoms with Gasteiger partial charge in [-0.3, -0.25) is 0 Å². The third-order valence-corrected chi connectivity index (χ3v) is 3.77. The molecule has 1 atom stereocenters. The highest BCUT2D eigenvalue weighted by Gasteiger charge is 2.17. The summed E-state index contributed by atoms with van der Waals surface area (Å²) in [6, 6.07) is 6.00. The molecule has 6 heteroatoms. The minimum absolute atomic E-state index is 0.0706. The molecular formula is C17H24N4O2. The molecule has 1 N–H and O–H groups in total. The van der Waals surface area contributed by atoms with E-state index in [4.69, 9.17) is 4.42 Å². The molecule has 2 amide bonds. The zero-order valence-electron chi connectivity index (χ0n) is 14.4. The van der Waals surface area contributed by atoms with Crippen molar-refractivity contribution in [1.29, 1.82) is 0 Å². The molecule has 0 aliphatic carbocycles. The normalized spacial score (nSPS) is 12.0. The standard InChI is InChI=1S/C17H24N4O2/c1-6-15-19-20-16(23-15)10-21(5)17(22)18-13(4)14-9-11(2)7-8-12(14)3/h7-9,13H,6,10H2,1-5H3,(H,18,22)/t13-/m1/s1. The Morgan fingerprint density at radius 1 is 1.30 bits per heavy atom. The van der Waals surface area contributed by atoms with Gasteiger partial charge in [0.2, 0.25) is 11.8 Å². The van der Waals surface area contributed by atoms with Gasteiger partial charge in [0.05, 0.1) is 6.04 Å². The van der Waals surface area contributed by atoms with Crippen LogP contribution < -0.4 is 5.32 Å². The summed E-state index contributed by atoms with van der Waals surface area (Å²) in [5, 5.41) is 10.8. The first-order valence-corrected chi connectivity index (χ1v) is 7.80. The van der Waals surface area contributed by atoms with Crippen LogP contribution in [0.15, 0.2) is 22.6 Å². The first-order chi connectivity index (χ1) is 10.9. The summed E-state index contributed by atoms with van der Waals surface area (Å²) in [7, 11) is 1.71. The lowest BCUT2D eigenvalue weighted by Gasteiger charge is -2.21. The van der Waals surface area contributed by atoms with E-state index in [9.17, 15) is 4.79 Å². The van der Waals surface area contributed by atoms with Crippen molar-refractivity contribution in [2.75, 3.05) is 7.05 Å². The summed E-state index contributed by atoms with van der Waals surface area (Å²) < 4.78 is 5.43. The molecular weight excluding hydrogens is 292 g/mol. The van der Waals surface area contributed by atoms with E-state index in [0.29, 0.717) is 24.7 Å². The molecule has 1 heterocycles. The van der Waals surface area contributed by atoms with Crippen LogP contribution in [0.1, 0.15) is 48.4 Å². The monoisotopic (exact) mass is 316 g/mol. The van der Waals surface area contributed by atoms with Gasteiger partial charge in [0.25, 0.3) is 0 Å². The van der Waals surface area contributed by atoms with Crippen molar-refractivity contribution in [3.05, 3.63) is 46.7 Å². The molecule has 6 nitrogen and oxygen atoms in total. The minimum atomic E-state index is -0.172. The number of carbonyl (C=O) groups is 1. The van der Waals surface area contributed by atoms with Gasteiger partial charge in [-0.1, -0.05) is 30.7 Å². The fraction of sp³-hybridized carbons (Fsp3) is 0.471. The zero-order chi connectivity index (χ0) is 17.0. The Kier molecular flexibility index (Phi) is 5.36. The van der Waals surface area contributed by atoms with E-state index in [1.165, 1.54) is 10.5 Å². The third kappa shape index (κ3) is 4.31. The van der Waals surface area contributed by atoms with Crippen LogP contribution in [-0.2, 0) is 13.0 Å². The number of carbonyl (C=O) groups excluding carboxylic acids is 1. The fourth-order valence-corrected chi connectivity index (χ4v) is 2.37. The quantitative estimate of drug-likeness (QED) is 0.920. The number of aromatic nitrogens is 2. The zero-order valence-corrected chi connectivity index (χ0v) is 14.4.